The number of nitrogens with one attached hydrogen (secondary N) is 5. The van der Waals surface area contributed by atoms with Gasteiger partial charge in [0.2, 0.25) is 41.4 Å². The number of piperidine rings is 1. The molecule has 2 saturated heterocycles. The number of guanidine groups is 2. The Bertz CT molecular complexity index is 1800. The van der Waals surface area contributed by atoms with Crippen molar-refractivity contribution in [3.63, 3.8) is 0 Å². The van der Waals surface area contributed by atoms with Crippen LogP contribution in [0.5, 0.6) is 0 Å². The smallest absolute Gasteiger partial charge is 0.246 e. The fourth-order valence-electron chi connectivity index (χ4n) is 8.50. The second-order valence-electron chi connectivity index (χ2n) is 16.4. The van der Waals surface area contributed by atoms with Crippen LogP contribution >= 0.6 is 11.6 Å². The SMILES string of the molecule is CC(=O)N[C@@H](CCCN=C(N)N)C(=O)N[C@H](CC1CCCCC1)C(=O)N[C@H]1CC[C@H]2CC[C@@H](C(=O)N[C@H](CCCN=C(N)N)C(=O)N[C@H](Cc3ccc(Cl)cc3)C(N)=O)N2C1=O. The summed E-state index contributed by atoms with van der Waals surface area (Å²) in [5.74, 6) is -4.04. The van der Waals surface area contributed by atoms with Crippen molar-refractivity contribution in [3.05, 3.63) is 34.9 Å². The van der Waals surface area contributed by atoms with Crippen LogP contribution in [-0.2, 0) is 40.0 Å². The summed E-state index contributed by atoms with van der Waals surface area (Å²) in [6, 6.07) is 0.316. The maximum Gasteiger partial charge on any atom is 0.246 e. The Morgan fingerprint density at radius 3 is 1.84 bits per heavy atom. The van der Waals surface area contributed by atoms with Gasteiger partial charge in [-0.3, -0.25) is 43.5 Å². The predicted molar refractivity (Wildman–Crippen MR) is 234 cm³/mol. The molecule has 342 valence electrons. The average Bonchev–Trinajstić information content (AvgIpc) is 3.66. The van der Waals surface area contributed by atoms with E-state index in [-0.39, 0.29) is 56.2 Å². The van der Waals surface area contributed by atoms with E-state index in [1.165, 1.54) is 11.8 Å². The number of rotatable bonds is 22. The molecule has 2 aliphatic heterocycles. The van der Waals surface area contributed by atoms with Crippen molar-refractivity contribution < 1.29 is 33.6 Å². The van der Waals surface area contributed by atoms with E-state index in [0.29, 0.717) is 55.5 Å². The Morgan fingerprint density at radius 1 is 0.710 bits per heavy atom. The van der Waals surface area contributed by atoms with E-state index in [1.807, 2.05) is 0 Å². The zero-order valence-corrected chi connectivity index (χ0v) is 36.2. The summed E-state index contributed by atoms with van der Waals surface area (Å²) < 4.78 is 0. The summed E-state index contributed by atoms with van der Waals surface area (Å²) in [6.45, 7) is 1.70. The summed E-state index contributed by atoms with van der Waals surface area (Å²) in [4.78, 5) is 104. The molecule has 1 aliphatic carbocycles. The molecule has 62 heavy (non-hydrogen) atoms. The number of carbonyl (C=O) groups excluding carboxylic acids is 7. The van der Waals surface area contributed by atoms with E-state index in [2.05, 4.69) is 36.6 Å². The van der Waals surface area contributed by atoms with Crippen molar-refractivity contribution >= 4 is 64.9 Å². The van der Waals surface area contributed by atoms with Crippen LogP contribution in [0.1, 0.15) is 102 Å². The third kappa shape index (κ3) is 15.4. The molecule has 4 rings (SSSR count). The van der Waals surface area contributed by atoms with Gasteiger partial charge in [0.1, 0.15) is 36.3 Å². The van der Waals surface area contributed by atoms with Gasteiger partial charge in [-0.05, 0) is 81.4 Å². The van der Waals surface area contributed by atoms with Crippen LogP contribution in [0, 0.1) is 5.92 Å². The van der Waals surface area contributed by atoms with Gasteiger partial charge in [-0.25, -0.2) is 0 Å². The molecule has 20 nitrogen and oxygen atoms in total. The Kier molecular flexibility index (Phi) is 19.0. The minimum absolute atomic E-state index is 0.0778. The fraction of sp³-hybridized carbons (Fsp3) is 0.634. The van der Waals surface area contributed by atoms with E-state index in [0.717, 1.165) is 32.1 Å². The number of aliphatic imine (C=N–C) groups is 2. The predicted octanol–water partition coefficient (Wildman–Crippen LogP) is -0.957. The first kappa shape index (κ1) is 49.0. The molecule has 7 atom stereocenters. The second kappa shape index (κ2) is 24.1. The van der Waals surface area contributed by atoms with Gasteiger partial charge >= 0.3 is 0 Å². The molecule has 21 heteroatoms. The highest BCUT2D eigenvalue weighted by Crippen LogP contribution is 2.33. The van der Waals surface area contributed by atoms with Crippen LogP contribution in [0.2, 0.25) is 5.02 Å². The van der Waals surface area contributed by atoms with Crippen LogP contribution < -0.4 is 55.3 Å². The molecule has 0 radical (unpaired) electrons. The highest BCUT2D eigenvalue weighted by atomic mass is 35.5. The van der Waals surface area contributed by atoms with Gasteiger partial charge in [0.25, 0.3) is 0 Å². The number of hydrogen-bond donors (Lipinski definition) is 10. The molecule has 0 aromatic heterocycles. The minimum atomic E-state index is -1.14. The number of fused-ring (bicyclic) bond motifs is 1. The third-order valence-corrected chi connectivity index (χ3v) is 11.9. The average molecular weight is 886 g/mol. The van der Waals surface area contributed by atoms with Gasteiger partial charge in [-0.15, -0.1) is 0 Å². The molecule has 2 heterocycles. The lowest BCUT2D eigenvalue weighted by Gasteiger charge is -2.38. The Morgan fingerprint density at radius 2 is 1.27 bits per heavy atom. The molecular formula is C41H64ClN13O7. The van der Waals surface area contributed by atoms with Crippen LogP contribution in [0.25, 0.3) is 0 Å². The molecule has 1 aromatic carbocycles. The highest BCUT2D eigenvalue weighted by molar-refractivity contribution is 6.30. The number of hydrogen-bond acceptors (Lipinski definition) is 9. The monoisotopic (exact) mass is 885 g/mol. The number of nitrogens with two attached hydrogens (primary N) is 5. The van der Waals surface area contributed by atoms with E-state index in [9.17, 15) is 33.6 Å². The van der Waals surface area contributed by atoms with Gasteiger partial charge in [0.05, 0.1) is 0 Å². The van der Waals surface area contributed by atoms with E-state index in [4.69, 9.17) is 40.3 Å². The summed E-state index contributed by atoms with van der Waals surface area (Å²) in [7, 11) is 0. The first-order valence-corrected chi connectivity index (χ1v) is 21.8. The topological polar surface area (TPSA) is 338 Å². The first-order chi connectivity index (χ1) is 29.5. The Balaban J connectivity index is 1.47. The van der Waals surface area contributed by atoms with Gasteiger partial charge in [-0.1, -0.05) is 55.8 Å². The molecule has 3 aliphatic rings. The lowest BCUT2D eigenvalue weighted by Crippen LogP contribution is -2.62. The van der Waals surface area contributed by atoms with Crippen molar-refractivity contribution in [2.45, 2.75) is 146 Å². The van der Waals surface area contributed by atoms with E-state index >= 15 is 0 Å². The van der Waals surface area contributed by atoms with Gasteiger partial charge < -0.3 is 60.2 Å². The lowest BCUT2D eigenvalue weighted by molar-refractivity contribution is -0.147. The van der Waals surface area contributed by atoms with Crippen molar-refractivity contribution in [1.29, 1.82) is 0 Å². The summed E-state index contributed by atoms with van der Waals surface area (Å²) in [5, 5.41) is 14.3. The molecule has 1 saturated carbocycles. The molecule has 7 amide bonds. The maximum atomic E-state index is 14.2. The largest absolute Gasteiger partial charge is 0.370 e. The third-order valence-electron chi connectivity index (χ3n) is 11.6. The summed E-state index contributed by atoms with van der Waals surface area (Å²) in [6.07, 6.45) is 7.97. The number of amides is 7. The van der Waals surface area contributed by atoms with Crippen molar-refractivity contribution in [1.82, 2.24) is 31.5 Å². The normalized spacial score (nSPS) is 20.6. The van der Waals surface area contributed by atoms with Crippen LogP contribution in [0.3, 0.4) is 0 Å². The minimum Gasteiger partial charge on any atom is -0.370 e. The number of nitrogens with zero attached hydrogens (tertiary/aromatic N) is 3. The Labute approximate surface area is 367 Å². The highest BCUT2D eigenvalue weighted by Gasteiger charge is 2.47. The molecule has 0 bridgehead atoms. The van der Waals surface area contributed by atoms with E-state index < -0.39 is 77.6 Å². The summed E-state index contributed by atoms with van der Waals surface area (Å²) >= 11 is 6.01. The molecular weight excluding hydrogens is 822 g/mol. The lowest BCUT2D eigenvalue weighted by atomic mass is 9.84. The van der Waals surface area contributed by atoms with Crippen LogP contribution in [0.4, 0.5) is 0 Å². The van der Waals surface area contributed by atoms with Crippen molar-refractivity contribution in [2.75, 3.05) is 13.1 Å². The molecule has 15 N–H and O–H groups in total. The quantitative estimate of drug-likeness (QED) is 0.0384. The second-order valence-corrected chi connectivity index (χ2v) is 16.9. The van der Waals surface area contributed by atoms with Gasteiger partial charge in [-0.2, -0.15) is 0 Å². The molecule has 0 spiro atoms. The maximum absolute atomic E-state index is 14.2. The first-order valence-electron chi connectivity index (χ1n) is 21.5. The number of primary amides is 1. The zero-order valence-electron chi connectivity index (χ0n) is 35.4. The van der Waals surface area contributed by atoms with Crippen molar-refractivity contribution in [2.24, 2.45) is 44.6 Å². The van der Waals surface area contributed by atoms with Crippen molar-refractivity contribution in [3.8, 4) is 0 Å². The van der Waals surface area contributed by atoms with E-state index in [1.54, 1.807) is 24.3 Å². The van der Waals surface area contributed by atoms with Crippen LogP contribution in [-0.4, -0.2) is 114 Å². The molecule has 0 unspecified atom stereocenters. The van der Waals surface area contributed by atoms with Crippen LogP contribution in [0.15, 0.2) is 34.3 Å². The number of halogens is 1. The van der Waals surface area contributed by atoms with Gasteiger partial charge in [0.15, 0.2) is 11.9 Å². The zero-order chi connectivity index (χ0) is 45.3. The standard InChI is InChI=1S/C41H64ClN13O7/c1-23(56)50-28(9-5-19-48-40(44)45)35(58)54-32(22-24-7-3-2-4-8-24)37(60)52-30-17-15-27-16-18-33(55(27)39(30)62)38(61)51-29(10-6-20-49-41(46)47)36(59)53-31(34(43)57)21-25-11-13-26(42)14-12-25/h11-14,24,27-33H,2-10,15-22H2,1H3,(H2,43,57)(H,50,56)(H,51,61)(H,52,60)(H,53,59)(H,54,58)(H4,44,45,48)(H4,46,47,49)/t27-,28-,29+,30-,31+,32+,33-/m0/s1. The van der Waals surface area contributed by atoms with Gasteiger partial charge in [0, 0.05) is 37.5 Å². The summed E-state index contributed by atoms with van der Waals surface area (Å²) in [5.41, 5.74) is 28.2. The number of benzene rings is 1. The fourth-order valence-corrected chi connectivity index (χ4v) is 8.62. The molecule has 1 aromatic rings. The number of carbonyl (C=O) groups is 7. The Hall–Kier alpha value is -5.66. The molecule has 3 fully saturated rings.